The lowest BCUT2D eigenvalue weighted by molar-refractivity contribution is -0.122. The fourth-order valence-electron chi connectivity index (χ4n) is 3.65. The van der Waals surface area contributed by atoms with Crippen LogP contribution in [0.15, 0.2) is 18.2 Å². The molecule has 8 nitrogen and oxygen atoms in total. The Morgan fingerprint density at radius 3 is 2.83 bits per heavy atom. The molecule has 4 N–H and O–H groups in total. The topological polar surface area (TPSA) is 112 Å². The van der Waals surface area contributed by atoms with Gasteiger partial charge in [-0.1, -0.05) is 0 Å². The number of piperidine rings is 1. The number of fused-ring (bicyclic) bond motifs is 1. The van der Waals surface area contributed by atoms with Crippen LogP contribution < -0.4 is 20.7 Å². The van der Waals surface area contributed by atoms with Gasteiger partial charge in [-0.05, 0) is 44.5 Å². The Bertz CT molecular complexity index is 1080. The van der Waals surface area contributed by atoms with E-state index >= 15 is 0 Å². The van der Waals surface area contributed by atoms with Crippen LogP contribution in [0.4, 0.5) is 14.9 Å². The number of nitrogens with one attached hydrogen (secondary N) is 4. The van der Waals surface area contributed by atoms with Gasteiger partial charge in [0.25, 0.3) is 5.91 Å². The molecule has 1 atom stereocenters. The highest BCUT2D eigenvalue weighted by Crippen LogP contribution is 2.35. The highest BCUT2D eigenvalue weighted by atomic mass is 19.1. The van der Waals surface area contributed by atoms with Gasteiger partial charge in [0.05, 0.1) is 17.3 Å². The van der Waals surface area contributed by atoms with Gasteiger partial charge in [-0.15, -0.1) is 0 Å². The third kappa shape index (κ3) is 3.78. The summed E-state index contributed by atoms with van der Waals surface area (Å²) in [5.41, 5.74) is 3.19. The van der Waals surface area contributed by atoms with Crippen LogP contribution in [0.25, 0.3) is 11.6 Å². The summed E-state index contributed by atoms with van der Waals surface area (Å²) in [6, 6.07) is 3.92. The largest absolute Gasteiger partial charge is 0.412 e. The number of aromatic amines is 1. The number of anilines is 1. The van der Waals surface area contributed by atoms with Gasteiger partial charge >= 0.3 is 6.09 Å². The highest BCUT2D eigenvalue weighted by molar-refractivity contribution is 6.34. The number of amides is 3. The van der Waals surface area contributed by atoms with Crippen molar-refractivity contribution in [3.8, 4) is 5.75 Å². The average Bonchev–Trinajstić information content (AvgIpc) is 3.14. The number of benzene rings is 1. The van der Waals surface area contributed by atoms with Crippen LogP contribution >= 0.6 is 0 Å². The molecule has 156 valence electrons. The second-order valence-electron chi connectivity index (χ2n) is 7.39. The molecule has 2 aliphatic heterocycles. The van der Waals surface area contributed by atoms with E-state index in [1.54, 1.807) is 19.9 Å². The van der Waals surface area contributed by atoms with E-state index in [1.807, 2.05) is 0 Å². The first kappa shape index (κ1) is 19.7. The fraction of sp³-hybridized carbons (Fsp3) is 0.286. The van der Waals surface area contributed by atoms with Crippen molar-refractivity contribution in [1.82, 2.24) is 15.6 Å². The summed E-state index contributed by atoms with van der Waals surface area (Å²) in [6.45, 7) is 3.88. The molecule has 4 rings (SSSR count). The van der Waals surface area contributed by atoms with Crippen molar-refractivity contribution in [2.75, 3.05) is 11.9 Å². The molecular formula is C21H21FN4O4. The third-order valence-corrected chi connectivity index (χ3v) is 5.24. The number of carbonyl (C=O) groups excluding carboxylic acids is 3. The van der Waals surface area contributed by atoms with Gasteiger partial charge in [0.15, 0.2) is 5.75 Å². The molecule has 3 heterocycles. The van der Waals surface area contributed by atoms with E-state index in [0.29, 0.717) is 58.9 Å². The zero-order valence-electron chi connectivity index (χ0n) is 16.5. The van der Waals surface area contributed by atoms with E-state index < -0.39 is 11.9 Å². The van der Waals surface area contributed by atoms with Crippen LogP contribution in [0.3, 0.4) is 0 Å². The SMILES string of the molecule is Cc1[nH]c(/C=C2\C(=O)Nc3ccc(F)cc32)c(C)c1OC(=O)N[C@H]1CCC(=O)NC1. The molecule has 9 heteroatoms. The second kappa shape index (κ2) is 7.66. The number of aromatic nitrogens is 1. The van der Waals surface area contributed by atoms with Crippen molar-refractivity contribution in [3.63, 3.8) is 0 Å². The second-order valence-corrected chi connectivity index (χ2v) is 7.39. The molecule has 3 amide bonds. The number of aryl methyl sites for hydroxylation is 1. The molecule has 0 unspecified atom stereocenters. The van der Waals surface area contributed by atoms with Gasteiger partial charge in [0.1, 0.15) is 5.82 Å². The number of hydrogen-bond acceptors (Lipinski definition) is 4. The van der Waals surface area contributed by atoms with Crippen molar-refractivity contribution in [3.05, 3.63) is 46.5 Å². The zero-order valence-corrected chi connectivity index (χ0v) is 16.5. The van der Waals surface area contributed by atoms with E-state index in [2.05, 4.69) is 20.9 Å². The number of halogens is 1. The Kier molecular flexibility index (Phi) is 5.03. The zero-order chi connectivity index (χ0) is 21.4. The lowest BCUT2D eigenvalue weighted by Gasteiger charge is -2.23. The Morgan fingerprint density at radius 1 is 1.30 bits per heavy atom. The Hall–Kier alpha value is -3.62. The summed E-state index contributed by atoms with van der Waals surface area (Å²) in [4.78, 5) is 39.0. The van der Waals surface area contributed by atoms with Crippen LogP contribution in [0.1, 0.15) is 35.4 Å². The van der Waals surface area contributed by atoms with E-state index in [9.17, 15) is 18.8 Å². The molecule has 0 saturated carbocycles. The maximum Gasteiger partial charge on any atom is 0.412 e. The van der Waals surface area contributed by atoms with E-state index in [-0.39, 0.29) is 17.9 Å². The van der Waals surface area contributed by atoms with Crippen LogP contribution in [0.2, 0.25) is 0 Å². The van der Waals surface area contributed by atoms with Gasteiger partial charge in [-0.2, -0.15) is 0 Å². The van der Waals surface area contributed by atoms with Crippen LogP contribution in [0, 0.1) is 19.7 Å². The third-order valence-electron chi connectivity index (χ3n) is 5.24. The number of hydrogen-bond donors (Lipinski definition) is 4. The first-order valence-corrected chi connectivity index (χ1v) is 9.59. The number of rotatable bonds is 3. The van der Waals surface area contributed by atoms with Crippen LogP contribution in [0.5, 0.6) is 5.75 Å². The van der Waals surface area contributed by atoms with Crippen molar-refractivity contribution < 1.29 is 23.5 Å². The van der Waals surface area contributed by atoms with Gasteiger partial charge in [0, 0.05) is 35.5 Å². The average molecular weight is 412 g/mol. The van der Waals surface area contributed by atoms with E-state index in [1.165, 1.54) is 18.2 Å². The molecule has 30 heavy (non-hydrogen) atoms. The van der Waals surface area contributed by atoms with Gasteiger partial charge in [-0.25, -0.2) is 9.18 Å². The molecule has 1 saturated heterocycles. The molecule has 0 aliphatic carbocycles. The Morgan fingerprint density at radius 2 is 2.10 bits per heavy atom. The smallest absolute Gasteiger partial charge is 0.408 e. The van der Waals surface area contributed by atoms with Crippen molar-refractivity contribution in [1.29, 1.82) is 0 Å². The Balaban J connectivity index is 1.54. The minimum Gasteiger partial charge on any atom is -0.408 e. The first-order valence-electron chi connectivity index (χ1n) is 9.59. The predicted octanol–water partition coefficient (Wildman–Crippen LogP) is 2.63. The first-order chi connectivity index (χ1) is 14.3. The minimum atomic E-state index is -0.619. The molecule has 2 aromatic rings. The molecule has 2 aliphatic rings. The molecule has 1 aromatic carbocycles. The van der Waals surface area contributed by atoms with Crippen molar-refractivity contribution in [2.45, 2.75) is 32.7 Å². The predicted molar refractivity (Wildman–Crippen MR) is 108 cm³/mol. The minimum absolute atomic E-state index is 0.0335. The maximum absolute atomic E-state index is 13.6. The van der Waals surface area contributed by atoms with Gasteiger partial charge < -0.3 is 25.7 Å². The number of H-pyrrole nitrogens is 1. The standard InChI is InChI=1S/C21H21FN4O4/c1-10-17(8-15-14-7-12(22)3-5-16(14)26-20(15)28)24-11(2)19(10)30-21(29)25-13-4-6-18(27)23-9-13/h3,5,7-8,13,24H,4,6,9H2,1-2H3,(H,23,27)(H,25,29)(H,26,28)/b15-8-/t13-/m0/s1. The van der Waals surface area contributed by atoms with E-state index in [4.69, 9.17) is 4.74 Å². The van der Waals surface area contributed by atoms with Crippen molar-refractivity contribution in [2.24, 2.45) is 0 Å². The monoisotopic (exact) mass is 412 g/mol. The van der Waals surface area contributed by atoms with Crippen LogP contribution in [-0.2, 0) is 9.59 Å². The van der Waals surface area contributed by atoms with Crippen LogP contribution in [-0.4, -0.2) is 35.5 Å². The summed E-state index contributed by atoms with van der Waals surface area (Å²) in [5, 5.41) is 8.14. The lowest BCUT2D eigenvalue weighted by Crippen LogP contribution is -2.48. The summed E-state index contributed by atoms with van der Waals surface area (Å²) < 4.78 is 19.1. The molecule has 1 aromatic heterocycles. The molecule has 1 fully saturated rings. The van der Waals surface area contributed by atoms with Gasteiger partial charge in [-0.3, -0.25) is 9.59 Å². The fourth-order valence-corrected chi connectivity index (χ4v) is 3.65. The number of carbonyl (C=O) groups is 3. The summed E-state index contributed by atoms with van der Waals surface area (Å²) in [6.07, 6.45) is 1.90. The molecule has 0 spiro atoms. The number of ether oxygens (including phenoxy) is 1. The normalized spacial score (nSPS) is 19.3. The maximum atomic E-state index is 13.6. The van der Waals surface area contributed by atoms with E-state index in [0.717, 1.165) is 0 Å². The summed E-state index contributed by atoms with van der Waals surface area (Å²) in [7, 11) is 0. The highest BCUT2D eigenvalue weighted by Gasteiger charge is 2.26. The lowest BCUT2D eigenvalue weighted by atomic mass is 10.0. The van der Waals surface area contributed by atoms with Crippen molar-refractivity contribution >= 4 is 35.2 Å². The summed E-state index contributed by atoms with van der Waals surface area (Å²) in [5.74, 6) is -0.442. The molecular weight excluding hydrogens is 391 g/mol. The molecule has 0 radical (unpaired) electrons. The quantitative estimate of drug-likeness (QED) is 0.581. The molecule has 0 bridgehead atoms. The Labute approximate surface area is 171 Å². The van der Waals surface area contributed by atoms with Gasteiger partial charge in [0.2, 0.25) is 5.91 Å². The summed E-state index contributed by atoms with van der Waals surface area (Å²) >= 11 is 0.